The second-order valence-electron chi connectivity index (χ2n) is 5.08. The number of rotatable bonds is 6. The van der Waals surface area contributed by atoms with E-state index in [4.69, 9.17) is 26.3 Å². The molecule has 0 aliphatic heterocycles. The third kappa shape index (κ3) is 4.64. The van der Waals surface area contributed by atoms with E-state index in [1.807, 2.05) is 18.2 Å². The Morgan fingerprint density at radius 2 is 1.83 bits per heavy atom. The van der Waals surface area contributed by atoms with Gasteiger partial charge >= 0.3 is 0 Å². The second-order valence-corrected chi connectivity index (χ2v) is 5.48. The summed E-state index contributed by atoms with van der Waals surface area (Å²) in [5.74, 6) is 1.23. The van der Waals surface area contributed by atoms with Gasteiger partial charge in [-0.3, -0.25) is 4.79 Å². The van der Waals surface area contributed by atoms with Crippen molar-refractivity contribution >= 4 is 23.2 Å². The van der Waals surface area contributed by atoms with Crippen LogP contribution in [-0.2, 0) is 11.2 Å². The molecule has 24 heavy (non-hydrogen) atoms. The number of nitriles is 1. The van der Waals surface area contributed by atoms with Crippen molar-refractivity contribution in [2.24, 2.45) is 0 Å². The summed E-state index contributed by atoms with van der Waals surface area (Å²) >= 11 is 5.95. The van der Waals surface area contributed by atoms with Gasteiger partial charge in [0, 0.05) is 18.2 Å². The molecule has 0 aromatic heterocycles. The number of amides is 1. The maximum atomic E-state index is 12.1. The zero-order valence-corrected chi connectivity index (χ0v) is 14.2. The summed E-state index contributed by atoms with van der Waals surface area (Å²) in [7, 11) is 3.17. The number of benzene rings is 2. The fourth-order valence-corrected chi connectivity index (χ4v) is 2.40. The Labute approximate surface area is 145 Å². The van der Waals surface area contributed by atoms with Crippen LogP contribution >= 0.6 is 11.6 Å². The number of ether oxygens (including phenoxy) is 2. The van der Waals surface area contributed by atoms with Gasteiger partial charge in [0.15, 0.2) is 0 Å². The molecule has 1 amide bonds. The van der Waals surface area contributed by atoms with Gasteiger partial charge in [-0.2, -0.15) is 5.26 Å². The van der Waals surface area contributed by atoms with Gasteiger partial charge in [0.05, 0.1) is 24.8 Å². The lowest BCUT2D eigenvalue weighted by Gasteiger charge is -2.09. The number of nitrogens with one attached hydrogen (secondary N) is 1. The second kappa shape index (κ2) is 8.23. The van der Waals surface area contributed by atoms with Crippen LogP contribution in [0.1, 0.15) is 17.5 Å². The molecule has 2 rings (SSSR count). The van der Waals surface area contributed by atoms with Crippen LogP contribution in [0.4, 0.5) is 5.69 Å². The quantitative estimate of drug-likeness (QED) is 0.865. The van der Waals surface area contributed by atoms with E-state index >= 15 is 0 Å². The highest BCUT2D eigenvalue weighted by molar-refractivity contribution is 6.32. The first-order chi connectivity index (χ1) is 11.5. The first kappa shape index (κ1) is 17.6. The van der Waals surface area contributed by atoms with Crippen molar-refractivity contribution in [3.63, 3.8) is 0 Å². The van der Waals surface area contributed by atoms with Crippen LogP contribution in [0.3, 0.4) is 0 Å². The predicted molar refractivity (Wildman–Crippen MR) is 92.7 cm³/mol. The molecular formula is C18H17ClN2O3. The summed E-state index contributed by atoms with van der Waals surface area (Å²) in [6, 6.07) is 12.3. The lowest BCUT2D eigenvalue weighted by atomic mass is 10.1. The molecule has 0 heterocycles. The van der Waals surface area contributed by atoms with Gasteiger partial charge in [-0.05, 0) is 42.3 Å². The van der Waals surface area contributed by atoms with Crippen LogP contribution in [-0.4, -0.2) is 20.1 Å². The monoisotopic (exact) mass is 344 g/mol. The third-order valence-corrected chi connectivity index (χ3v) is 3.74. The third-order valence-electron chi connectivity index (χ3n) is 3.43. The zero-order valence-electron chi connectivity index (χ0n) is 13.4. The molecule has 0 unspecified atom stereocenters. The van der Waals surface area contributed by atoms with Gasteiger partial charge in [0.1, 0.15) is 17.6 Å². The van der Waals surface area contributed by atoms with Crippen LogP contribution in [0.15, 0.2) is 36.4 Å². The summed E-state index contributed by atoms with van der Waals surface area (Å²) in [6.45, 7) is 0. The average molecular weight is 345 g/mol. The molecular weight excluding hydrogens is 328 g/mol. The lowest BCUT2D eigenvalue weighted by Crippen LogP contribution is -2.12. The molecule has 0 saturated heterocycles. The molecule has 0 saturated carbocycles. The highest BCUT2D eigenvalue weighted by Gasteiger charge is 2.08. The number of nitrogens with zero attached hydrogens (tertiary/aromatic N) is 1. The molecule has 0 bridgehead atoms. The van der Waals surface area contributed by atoms with E-state index < -0.39 is 0 Å². The van der Waals surface area contributed by atoms with Crippen molar-refractivity contribution in [2.75, 3.05) is 19.5 Å². The Morgan fingerprint density at radius 1 is 1.17 bits per heavy atom. The highest BCUT2D eigenvalue weighted by Crippen LogP contribution is 2.24. The Bertz CT molecular complexity index is 762. The summed E-state index contributed by atoms with van der Waals surface area (Å²) in [5.41, 5.74) is 1.88. The number of hydrogen-bond acceptors (Lipinski definition) is 4. The fourth-order valence-electron chi connectivity index (χ4n) is 2.18. The van der Waals surface area contributed by atoms with Crippen LogP contribution < -0.4 is 14.8 Å². The molecule has 2 aromatic rings. The van der Waals surface area contributed by atoms with Gasteiger partial charge in [-0.15, -0.1) is 0 Å². The molecule has 0 atom stereocenters. The average Bonchev–Trinajstić information content (AvgIpc) is 2.59. The first-order valence-corrected chi connectivity index (χ1v) is 7.65. The van der Waals surface area contributed by atoms with Crippen LogP contribution in [0.2, 0.25) is 5.02 Å². The molecule has 124 valence electrons. The number of methoxy groups -OCH3 is 2. The minimum Gasteiger partial charge on any atom is -0.497 e. The lowest BCUT2D eigenvalue weighted by molar-refractivity contribution is -0.116. The summed E-state index contributed by atoms with van der Waals surface area (Å²) in [6.07, 6.45) is 0.845. The SMILES string of the molecule is COc1cc(CCC(=O)Nc2ccc(C#N)c(Cl)c2)cc(OC)c1. The molecule has 1 N–H and O–H groups in total. The number of halogens is 1. The molecule has 0 aliphatic carbocycles. The molecule has 0 spiro atoms. The van der Waals surface area contributed by atoms with E-state index in [-0.39, 0.29) is 5.91 Å². The van der Waals surface area contributed by atoms with Crippen molar-refractivity contribution in [1.82, 2.24) is 0 Å². The van der Waals surface area contributed by atoms with Gasteiger partial charge in [0.25, 0.3) is 0 Å². The summed E-state index contributed by atoms with van der Waals surface area (Å²) in [4.78, 5) is 12.1. The minimum absolute atomic E-state index is 0.141. The normalized spacial score (nSPS) is 9.92. The van der Waals surface area contributed by atoms with E-state index in [1.54, 1.807) is 38.5 Å². The number of hydrogen-bond donors (Lipinski definition) is 1. The van der Waals surface area contributed by atoms with Crippen LogP contribution in [0.5, 0.6) is 11.5 Å². The largest absolute Gasteiger partial charge is 0.497 e. The Hall–Kier alpha value is -2.71. The number of aryl methyl sites for hydroxylation is 1. The predicted octanol–water partition coefficient (Wildman–Crippen LogP) is 3.80. The van der Waals surface area contributed by atoms with E-state index in [0.717, 1.165) is 5.56 Å². The van der Waals surface area contributed by atoms with Crippen molar-refractivity contribution in [2.45, 2.75) is 12.8 Å². The van der Waals surface area contributed by atoms with E-state index in [2.05, 4.69) is 5.32 Å². The fraction of sp³-hybridized carbons (Fsp3) is 0.222. The summed E-state index contributed by atoms with van der Waals surface area (Å²) < 4.78 is 10.4. The van der Waals surface area contributed by atoms with E-state index in [0.29, 0.717) is 40.6 Å². The zero-order chi connectivity index (χ0) is 17.5. The molecule has 0 aliphatic rings. The van der Waals surface area contributed by atoms with Gasteiger partial charge in [-0.1, -0.05) is 11.6 Å². The Kier molecular flexibility index (Phi) is 6.05. The van der Waals surface area contributed by atoms with Crippen molar-refractivity contribution in [3.8, 4) is 17.6 Å². The van der Waals surface area contributed by atoms with E-state index in [1.165, 1.54) is 0 Å². The van der Waals surface area contributed by atoms with Crippen molar-refractivity contribution in [1.29, 1.82) is 5.26 Å². The maximum Gasteiger partial charge on any atom is 0.224 e. The molecule has 6 heteroatoms. The van der Waals surface area contributed by atoms with Gasteiger partial charge < -0.3 is 14.8 Å². The highest BCUT2D eigenvalue weighted by atomic mass is 35.5. The first-order valence-electron chi connectivity index (χ1n) is 7.27. The topological polar surface area (TPSA) is 71.3 Å². The Balaban J connectivity index is 1.98. The van der Waals surface area contributed by atoms with Crippen molar-refractivity contribution < 1.29 is 14.3 Å². The van der Waals surface area contributed by atoms with Gasteiger partial charge in [-0.25, -0.2) is 0 Å². The minimum atomic E-state index is -0.141. The Morgan fingerprint density at radius 3 is 2.38 bits per heavy atom. The standard InChI is InChI=1S/C18H17ClN2O3/c1-23-15-7-12(8-16(10-15)24-2)3-6-18(22)21-14-5-4-13(11-20)17(19)9-14/h4-5,7-10H,3,6H2,1-2H3,(H,21,22). The summed E-state index contributed by atoms with van der Waals surface area (Å²) in [5, 5.41) is 11.9. The van der Waals surface area contributed by atoms with E-state index in [9.17, 15) is 4.79 Å². The smallest absolute Gasteiger partial charge is 0.224 e. The molecule has 2 aromatic carbocycles. The van der Waals surface area contributed by atoms with Gasteiger partial charge in [0.2, 0.25) is 5.91 Å². The molecule has 0 radical (unpaired) electrons. The number of carbonyl (C=O) groups excluding carboxylic acids is 1. The van der Waals surface area contributed by atoms with Crippen LogP contribution in [0.25, 0.3) is 0 Å². The van der Waals surface area contributed by atoms with Crippen molar-refractivity contribution in [3.05, 3.63) is 52.5 Å². The molecule has 0 fully saturated rings. The number of carbonyl (C=O) groups is 1. The van der Waals surface area contributed by atoms with Crippen LogP contribution in [0, 0.1) is 11.3 Å². The number of anilines is 1. The molecule has 5 nitrogen and oxygen atoms in total. The maximum absolute atomic E-state index is 12.1.